The van der Waals surface area contributed by atoms with Crippen molar-refractivity contribution in [2.45, 2.75) is 0 Å². The Morgan fingerprint density at radius 1 is 1.33 bits per heavy atom. The molecule has 2 aromatic rings. The van der Waals surface area contributed by atoms with Crippen molar-refractivity contribution in [2.24, 2.45) is 5.73 Å². The molecule has 0 fully saturated rings. The van der Waals surface area contributed by atoms with Crippen molar-refractivity contribution in [1.29, 1.82) is 0 Å². The standard InChI is InChI=1S/C12H13N3O3/c13-12(17)18-6-5-14-11(16)9-7-15-10-4-2-1-3-8(9)10/h1-4,7,15H,5-6H2,(H2,13,17)(H,14,16). The van der Waals surface area contributed by atoms with Gasteiger partial charge in [-0.25, -0.2) is 4.79 Å². The van der Waals surface area contributed by atoms with Crippen molar-refractivity contribution in [3.05, 3.63) is 36.0 Å². The van der Waals surface area contributed by atoms with E-state index in [1.165, 1.54) is 0 Å². The number of carbonyl (C=O) groups is 2. The minimum atomic E-state index is -0.851. The summed E-state index contributed by atoms with van der Waals surface area (Å²) in [5.41, 5.74) is 6.26. The normalized spacial score (nSPS) is 10.2. The summed E-state index contributed by atoms with van der Waals surface area (Å²) in [5, 5.41) is 3.49. The molecule has 0 aliphatic rings. The van der Waals surface area contributed by atoms with Crippen LogP contribution in [0.15, 0.2) is 30.5 Å². The molecular weight excluding hydrogens is 234 g/mol. The fourth-order valence-corrected chi connectivity index (χ4v) is 1.67. The van der Waals surface area contributed by atoms with E-state index in [-0.39, 0.29) is 19.1 Å². The van der Waals surface area contributed by atoms with Crippen LogP contribution in [-0.4, -0.2) is 30.1 Å². The topological polar surface area (TPSA) is 97.2 Å². The van der Waals surface area contributed by atoms with Crippen LogP contribution in [0.3, 0.4) is 0 Å². The summed E-state index contributed by atoms with van der Waals surface area (Å²) in [6, 6.07) is 7.51. The third-order valence-corrected chi connectivity index (χ3v) is 2.47. The average Bonchev–Trinajstić information content (AvgIpc) is 2.78. The molecule has 6 heteroatoms. The smallest absolute Gasteiger partial charge is 0.404 e. The van der Waals surface area contributed by atoms with Crippen LogP contribution in [-0.2, 0) is 4.74 Å². The molecule has 0 saturated heterocycles. The van der Waals surface area contributed by atoms with Gasteiger partial charge in [0.05, 0.1) is 12.1 Å². The van der Waals surface area contributed by atoms with Gasteiger partial charge in [0.2, 0.25) is 0 Å². The molecule has 18 heavy (non-hydrogen) atoms. The number of nitrogens with one attached hydrogen (secondary N) is 2. The summed E-state index contributed by atoms with van der Waals surface area (Å²) in [6.07, 6.45) is 0.797. The van der Waals surface area contributed by atoms with Crippen molar-refractivity contribution in [3.8, 4) is 0 Å². The van der Waals surface area contributed by atoms with Crippen molar-refractivity contribution in [1.82, 2.24) is 10.3 Å². The van der Waals surface area contributed by atoms with E-state index < -0.39 is 6.09 Å². The molecule has 4 N–H and O–H groups in total. The zero-order valence-electron chi connectivity index (χ0n) is 9.60. The van der Waals surface area contributed by atoms with Crippen LogP contribution in [0.1, 0.15) is 10.4 Å². The molecule has 1 heterocycles. The predicted molar refractivity (Wildman–Crippen MR) is 66.2 cm³/mol. The Balaban J connectivity index is 1.99. The Bertz CT molecular complexity index is 577. The number of carbonyl (C=O) groups excluding carboxylic acids is 2. The van der Waals surface area contributed by atoms with Gasteiger partial charge in [-0.05, 0) is 6.07 Å². The Labute approximate surface area is 103 Å². The first kappa shape index (κ1) is 12.0. The van der Waals surface area contributed by atoms with Crippen molar-refractivity contribution in [3.63, 3.8) is 0 Å². The first-order valence-corrected chi connectivity index (χ1v) is 5.45. The number of rotatable bonds is 4. The summed E-state index contributed by atoms with van der Waals surface area (Å²) < 4.78 is 4.51. The van der Waals surface area contributed by atoms with Crippen molar-refractivity contribution < 1.29 is 14.3 Å². The molecule has 0 aliphatic carbocycles. The van der Waals surface area contributed by atoms with E-state index >= 15 is 0 Å². The van der Waals surface area contributed by atoms with Gasteiger partial charge in [0.15, 0.2) is 0 Å². The second-order valence-corrected chi connectivity index (χ2v) is 3.67. The summed E-state index contributed by atoms with van der Waals surface area (Å²) in [4.78, 5) is 25.2. The van der Waals surface area contributed by atoms with Gasteiger partial charge in [-0.15, -0.1) is 0 Å². The van der Waals surface area contributed by atoms with E-state index in [0.29, 0.717) is 5.56 Å². The van der Waals surface area contributed by atoms with Crippen LogP contribution in [0.25, 0.3) is 10.9 Å². The number of aromatic nitrogens is 1. The molecule has 2 amide bonds. The van der Waals surface area contributed by atoms with Crippen LogP contribution >= 0.6 is 0 Å². The number of amides is 2. The number of hydrogen-bond acceptors (Lipinski definition) is 3. The van der Waals surface area contributed by atoms with Gasteiger partial charge in [-0.2, -0.15) is 0 Å². The monoisotopic (exact) mass is 247 g/mol. The van der Waals surface area contributed by atoms with Gasteiger partial charge in [0.25, 0.3) is 5.91 Å². The summed E-state index contributed by atoms with van der Waals surface area (Å²) in [5.74, 6) is -0.222. The van der Waals surface area contributed by atoms with E-state index in [9.17, 15) is 9.59 Å². The van der Waals surface area contributed by atoms with E-state index in [0.717, 1.165) is 10.9 Å². The third kappa shape index (κ3) is 2.60. The zero-order valence-corrected chi connectivity index (χ0v) is 9.60. The van der Waals surface area contributed by atoms with Crippen LogP contribution in [0.4, 0.5) is 4.79 Å². The fraction of sp³-hybridized carbons (Fsp3) is 0.167. The Morgan fingerprint density at radius 2 is 2.11 bits per heavy atom. The van der Waals surface area contributed by atoms with Crippen LogP contribution < -0.4 is 11.1 Å². The highest BCUT2D eigenvalue weighted by atomic mass is 16.5. The number of H-pyrrole nitrogens is 1. The van der Waals surface area contributed by atoms with Gasteiger partial charge < -0.3 is 20.8 Å². The van der Waals surface area contributed by atoms with Crippen LogP contribution in [0, 0.1) is 0 Å². The number of benzene rings is 1. The number of ether oxygens (including phenoxy) is 1. The number of hydrogen-bond donors (Lipinski definition) is 3. The van der Waals surface area contributed by atoms with E-state index in [1.807, 2.05) is 24.3 Å². The summed E-state index contributed by atoms with van der Waals surface area (Å²) >= 11 is 0. The molecule has 94 valence electrons. The number of fused-ring (bicyclic) bond motifs is 1. The highest BCUT2D eigenvalue weighted by Gasteiger charge is 2.10. The highest BCUT2D eigenvalue weighted by Crippen LogP contribution is 2.17. The molecular formula is C12H13N3O3. The largest absolute Gasteiger partial charge is 0.448 e. The molecule has 0 radical (unpaired) electrons. The number of nitrogens with two attached hydrogens (primary N) is 1. The van der Waals surface area contributed by atoms with Crippen LogP contribution in [0.2, 0.25) is 0 Å². The Hall–Kier alpha value is -2.50. The molecule has 6 nitrogen and oxygen atoms in total. The van der Waals surface area contributed by atoms with E-state index in [4.69, 9.17) is 5.73 Å². The molecule has 0 bridgehead atoms. The van der Waals surface area contributed by atoms with Gasteiger partial charge in [0, 0.05) is 17.1 Å². The lowest BCUT2D eigenvalue weighted by Gasteiger charge is -2.04. The SMILES string of the molecule is NC(=O)OCCNC(=O)c1c[nH]c2ccccc12. The van der Waals surface area contributed by atoms with Gasteiger partial charge in [-0.1, -0.05) is 18.2 Å². The minimum absolute atomic E-state index is 0.0590. The first-order chi connectivity index (χ1) is 8.68. The van der Waals surface area contributed by atoms with Crippen molar-refractivity contribution in [2.75, 3.05) is 13.2 Å². The zero-order chi connectivity index (χ0) is 13.0. The number of para-hydroxylation sites is 1. The molecule has 2 rings (SSSR count). The summed E-state index contributed by atoms with van der Waals surface area (Å²) in [6.45, 7) is 0.282. The average molecular weight is 247 g/mol. The number of aromatic amines is 1. The molecule has 0 spiro atoms. The molecule has 1 aromatic heterocycles. The van der Waals surface area contributed by atoms with Gasteiger partial charge in [-0.3, -0.25) is 4.79 Å². The maximum Gasteiger partial charge on any atom is 0.404 e. The predicted octanol–water partition coefficient (Wildman–Crippen LogP) is 0.993. The molecule has 0 atom stereocenters. The third-order valence-electron chi connectivity index (χ3n) is 2.47. The maximum absolute atomic E-state index is 11.9. The van der Waals surface area contributed by atoms with Gasteiger partial charge >= 0.3 is 6.09 Å². The summed E-state index contributed by atoms with van der Waals surface area (Å²) in [7, 11) is 0. The van der Waals surface area contributed by atoms with Crippen LogP contribution in [0.5, 0.6) is 0 Å². The Morgan fingerprint density at radius 3 is 2.89 bits per heavy atom. The quantitative estimate of drug-likeness (QED) is 0.703. The second kappa shape index (κ2) is 5.22. The lowest BCUT2D eigenvalue weighted by molar-refractivity contribution is 0.0938. The number of primary amides is 1. The second-order valence-electron chi connectivity index (χ2n) is 3.67. The minimum Gasteiger partial charge on any atom is -0.448 e. The molecule has 0 aliphatic heterocycles. The maximum atomic E-state index is 11.9. The lowest BCUT2D eigenvalue weighted by Crippen LogP contribution is -2.28. The molecule has 0 saturated carbocycles. The fourth-order valence-electron chi connectivity index (χ4n) is 1.67. The first-order valence-electron chi connectivity index (χ1n) is 5.45. The van der Waals surface area contributed by atoms with Crippen molar-refractivity contribution >= 4 is 22.9 Å². The highest BCUT2D eigenvalue weighted by molar-refractivity contribution is 6.06. The molecule has 0 unspecified atom stereocenters. The lowest BCUT2D eigenvalue weighted by atomic mass is 10.1. The van der Waals surface area contributed by atoms with E-state index in [2.05, 4.69) is 15.0 Å². The Kier molecular flexibility index (Phi) is 3.47. The van der Waals surface area contributed by atoms with Gasteiger partial charge in [0.1, 0.15) is 6.61 Å². The molecule has 1 aromatic carbocycles. The van der Waals surface area contributed by atoms with E-state index in [1.54, 1.807) is 6.20 Å².